The minimum absolute atomic E-state index is 0.685. The molecule has 0 aromatic heterocycles. The average molecular weight is 254 g/mol. The van der Waals surface area contributed by atoms with E-state index in [4.69, 9.17) is 11.6 Å². The zero-order valence-corrected chi connectivity index (χ0v) is 11.1. The topological polar surface area (TPSA) is 23.5 Å². The maximum Gasteiger partial charge on any atom is 0.0921 e. The Morgan fingerprint density at radius 3 is 2.65 bits per heavy atom. The maximum atomic E-state index is 10.7. The molecule has 1 aliphatic heterocycles. The first-order valence-corrected chi connectivity index (χ1v) is 6.72. The standard InChI is InChI=1S/C14H20ClNO/c1-2-8-16-9-6-14(17,7-10-16)12-4-3-5-13(15)11-12/h3-5,11,17H,2,6-10H2,1H3. The molecule has 0 amide bonds. The lowest BCUT2D eigenvalue weighted by atomic mass is 9.84. The largest absolute Gasteiger partial charge is 0.385 e. The number of rotatable bonds is 3. The molecule has 1 aromatic rings. The van der Waals surface area contributed by atoms with Crippen molar-refractivity contribution in [2.24, 2.45) is 0 Å². The Morgan fingerprint density at radius 2 is 2.06 bits per heavy atom. The molecule has 0 bridgehead atoms. The summed E-state index contributed by atoms with van der Waals surface area (Å²) < 4.78 is 0. The van der Waals surface area contributed by atoms with Crippen LogP contribution in [-0.2, 0) is 5.60 Å². The minimum Gasteiger partial charge on any atom is -0.385 e. The molecule has 0 atom stereocenters. The molecule has 1 saturated heterocycles. The van der Waals surface area contributed by atoms with E-state index in [0.717, 1.165) is 38.0 Å². The van der Waals surface area contributed by atoms with Gasteiger partial charge in [0.25, 0.3) is 0 Å². The summed E-state index contributed by atoms with van der Waals surface area (Å²) in [4.78, 5) is 2.42. The summed E-state index contributed by atoms with van der Waals surface area (Å²) in [5.74, 6) is 0. The summed E-state index contributed by atoms with van der Waals surface area (Å²) in [7, 11) is 0. The van der Waals surface area contributed by atoms with E-state index in [9.17, 15) is 5.11 Å². The molecule has 17 heavy (non-hydrogen) atoms. The molecule has 1 aliphatic rings. The summed E-state index contributed by atoms with van der Waals surface area (Å²) >= 11 is 5.98. The third-order valence-corrected chi connectivity index (χ3v) is 3.82. The van der Waals surface area contributed by atoms with Crippen LogP contribution in [0.1, 0.15) is 31.7 Å². The molecule has 2 rings (SSSR count). The third kappa shape index (κ3) is 3.01. The van der Waals surface area contributed by atoms with Gasteiger partial charge in [-0.2, -0.15) is 0 Å². The summed E-state index contributed by atoms with van der Waals surface area (Å²) in [6.45, 7) is 5.26. The average Bonchev–Trinajstić information content (AvgIpc) is 2.33. The lowest BCUT2D eigenvalue weighted by Crippen LogP contribution is -2.42. The predicted octanol–water partition coefficient (Wildman–Crippen LogP) is 3.03. The van der Waals surface area contributed by atoms with Gasteiger partial charge in [0, 0.05) is 18.1 Å². The number of nitrogens with zero attached hydrogens (tertiary/aromatic N) is 1. The smallest absolute Gasteiger partial charge is 0.0921 e. The highest BCUT2D eigenvalue weighted by molar-refractivity contribution is 6.30. The van der Waals surface area contributed by atoms with Gasteiger partial charge in [-0.3, -0.25) is 0 Å². The maximum absolute atomic E-state index is 10.7. The quantitative estimate of drug-likeness (QED) is 0.895. The number of likely N-dealkylation sites (tertiary alicyclic amines) is 1. The highest BCUT2D eigenvalue weighted by atomic mass is 35.5. The highest BCUT2D eigenvalue weighted by Crippen LogP contribution is 2.33. The second-order valence-electron chi connectivity index (χ2n) is 4.88. The first-order valence-electron chi connectivity index (χ1n) is 6.35. The van der Waals surface area contributed by atoms with E-state index in [1.165, 1.54) is 6.42 Å². The van der Waals surface area contributed by atoms with Crippen LogP contribution in [0.15, 0.2) is 24.3 Å². The van der Waals surface area contributed by atoms with Gasteiger partial charge in [-0.25, -0.2) is 0 Å². The molecule has 0 aliphatic carbocycles. The fraction of sp³-hybridized carbons (Fsp3) is 0.571. The van der Waals surface area contributed by atoms with Crippen LogP contribution < -0.4 is 0 Å². The van der Waals surface area contributed by atoms with Crippen molar-refractivity contribution in [2.45, 2.75) is 31.8 Å². The van der Waals surface area contributed by atoms with Gasteiger partial charge in [0.1, 0.15) is 0 Å². The summed E-state index contributed by atoms with van der Waals surface area (Å²) in [5, 5.41) is 11.4. The van der Waals surface area contributed by atoms with Crippen LogP contribution in [-0.4, -0.2) is 29.6 Å². The van der Waals surface area contributed by atoms with Gasteiger partial charge < -0.3 is 10.0 Å². The number of hydrogen-bond acceptors (Lipinski definition) is 2. The molecule has 3 heteroatoms. The molecule has 0 radical (unpaired) electrons. The predicted molar refractivity (Wildman–Crippen MR) is 71.3 cm³/mol. The van der Waals surface area contributed by atoms with E-state index in [2.05, 4.69) is 11.8 Å². The van der Waals surface area contributed by atoms with E-state index in [1.807, 2.05) is 24.3 Å². The first-order chi connectivity index (χ1) is 8.14. The van der Waals surface area contributed by atoms with Crippen LogP contribution in [0.5, 0.6) is 0 Å². The van der Waals surface area contributed by atoms with E-state index in [-0.39, 0.29) is 0 Å². The molecule has 0 unspecified atom stereocenters. The van der Waals surface area contributed by atoms with Gasteiger partial charge in [0.05, 0.1) is 5.60 Å². The second-order valence-corrected chi connectivity index (χ2v) is 5.32. The van der Waals surface area contributed by atoms with Crippen LogP contribution in [0.25, 0.3) is 0 Å². The van der Waals surface area contributed by atoms with Gasteiger partial charge in [0.15, 0.2) is 0 Å². The van der Waals surface area contributed by atoms with E-state index in [1.54, 1.807) is 0 Å². The van der Waals surface area contributed by atoms with E-state index in [0.29, 0.717) is 5.02 Å². The Bertz CT molecular complexity index is 372. The Kier molecular flexibility index (Phi) is 4.08. The fourth-order valence-corrected chi connectivity index (χ4v) is 2.72. The lowest BCUT2D eigenvalue weighted by molar-refractivity contribution is -0.0257. The molecule has 0 saturated carbocycles. The van der Waals surface area contributed by atoms with Crippen molar-refractivity contribution in [3.05, 3.63) is 34.9 Å². The molecule has 1 fully saturated rings. The van der Waals surface area contributed by atoms with Gasteiger partial charge in [-0.1, -0.05) is 30.7 Å². The minimum atomic E-state index is -0.685. The molecule has 2 nitrogen and oxygen atoms in total. The second kappa shape index (κ2) is 5.38. The van der Waals surface area contributed by atoms with Crippen LogP contribution in [0.3, 0.4) is 0 Å². The van der Waals surface area contributed by atoms with Gasteiger partial charge in [0.2, 0.25) is 0 Å². The van der Waals surface area contributed by atoms with Crippen LogP contribution in [0.2, 0.25) is 5.02 Å². The third-order valence-electron chi connectivity index (χ3n) is 3.59. The van der Waals surface area contributed by atoms with Crippen LogP contribution in [0.4, 0.5) is 0 Å². The Hall–Kier alpha value is -0.570. The molecule has 1 aromatic carbocycles. The summed E-state index contributed by atoms with van der Waals surface area (Å²) in [6, 6.07) is 7.62. The summed E-state index contributed by atoms with van der Waals surface area (Å²) in [6.07, 6.45) is 2.77. The van der Waals surface area contributed by atoms with Crippen molar-refractivity contribution in [3.8, 4) is 0 Å². The Balaban J connectivity index is 2.06. The van der Waals surface area contributed by atoms with E-state index < -0.39 is 5.60 Å². The summed E-state index contributed by atoms with van der Waals surface area (Å²) in [5.41, 5.74) is 0.274. The van der Waals surface area contributed by atoms with Crippen molar-refractivity contribution in [2.75, 3.05) is 19.6 Å². The van der Waals surface area contributed by atoms with E-state index >= 15 is 0 Å². The van der Waals surface area contributed by atoms with Crippen molar-refractivity contribution < 1.29 is 5.11 Å². The Labute approximate surface area is 108 Å². The molecule has 1 N–H and O–H groups in total. The Morgan fingerprint density at radius 1 is 1.35 bits per heavy atom. The van der Waals surface area contributed by atoms with Gasteiger partial charge in [-0.15, -0.1) is 0 Å². The van der Waals surface area contributed by atoms with Gasteiger partial charge in [-0.05, 0) is 43.5 Å². The van der Waals surface area contributed by atoms with Crippen molar-refractivity contribution in [3.63, 3.8) is 0 Å². The number of aliphatic hydroxyl groups is 1. The van der Waals surface area contributed by atoms with Crippen LogP contribution in [0, 0.1) is 0 Å². The highest BCUT2D eigenvalue weighted by Gasteiger charge is 2.33. The SMILES string of the molecule is CCCN1CCC(O)(c2cccc(Cl)c2)CC1. The lowest BCUT2D eigenvalue weighted by Gasteiger charge is -2.38. The van der Waals surface area contributed by atoms with Crippen molar-refractivity contribution in [1.82, 2.24) is 4.90 Å². The number of benzene rings is 1. The van der Waals surface area contributed by atoms with Gasteiger partial charge >= 0.3 is 0 Å². The monoisotopic (exact) mass is 253 g/mol. The molecule has 94 valence electrons. The van der Waals surface area contributed by atoms with Crippen molar-refractivity contribution in [1.29, 1.82) is 0 Å². The fourth-order valence-electron chi connectivity index (χ4n) is 2.53. The number of hydrogen-bond donors (Lipinski definition) is 1. The number of halogens is 1. The normalized spacial score (nSPS) is 20.4. The molecule has 0 spiro atoms. The van der Waals surface area contributed by atoms with Crippen LogP contribution >= 0.6 is 11.6 Å². The first kappa shape index (κ1) is 12.9. The zero-order chi connectivity index (χ0) is 12.3. The molecular weight excluding hydrogens is 234 g/mol. The van der Waals surface area contributed by atoms with Crippen molar-refractivity contribution >= 4 is 11.6 Å². The molecule has 1 heterocycles. The molecular formula is C14H20ClNO. The zero-order valence-electron chi connectivity index (χ0n) is 10.3. The number of piperidine rings is 1.